The Morgan fingerprint density at radius 1 is 1.38 bits per heavy atom. The Hall–Kier alpha value is -1.07. The topological polar surface area (TPSA) is 69.8 Å². The highest BCUT2D eigenvalue weighted by Crippen LogP contribution is 2.58. The lowest BCUT2D eigenvalue weighted by Gasteiger charge is -2.25. The van der Waals surface area contributed by atoms with Crippen LogP contribution in [-0.2, 0) is 17.6 Å². The molecule has 5 nitrogen and oxygen atoms in total. The van der Waals surface area contributed by atoms with E-state index in [9.17, 15) is 4.79 Å². The second-order valence-corrected chi connectivity index (χ2v) is 6.69. The molecular formula is C15H23ClN4O. The molecule has 4 rings (SSSR count). The Bertz CT molecular complexity index is 523. The summed E-state index contributed by atoms with van der Waals surface area (Å²) in [6.07, 6.45) is 8.30. The standard InChI is InChI=1S/C15H22N4O.ClH/c20-14(12-8-15(12)3-5-16-6-4-15)18-11-1-2-13-10(7-11)9-17-19-13;/h9,11-12,16H,1-8H2,(H,17,19)(H,18,20);1H. The van der Waals surface area contributed by atoms with Gasteiger partial charge in [-0.3, -0.25) is 9.89 Å². The maximum Gasteiger partial charge on any atom is 0.223 e. The maximum absolute atomic E-state index is 12.4. The molecule has 3 N–H and O–H groups in total. The first-order valence-electron chi connectivity index (χ1n) is 7.79. The van der Waals surface area contributed by atoms with E-state index in [-0.39, 0.29) is 18.3 Å². The van der Waals surface area contributed by atoms with E-state index in [1.165, 1.54) is 24.1 Å². The highest BCUT2D eigenvalue weighted by Gasteiger charge is 2.57. The summed E-state index contributed by atoms with van der Waals surface area (Å²) in [6, 6.07) is 0.298. The highest BCUT2D eigenvalue weighted by atomic mass is 35.5. The number of rotatable bonds is 2. The summed E-state index contributed by atoms with van der Waals surface area (Å²) in [7, 11) is 0. The van der Waals surface area contributed by atoms with Gasteiger partial charge >= 0.3 is 0 Å². The zero-order valence-corrected chi connectivity index (χ0v) is 13.0. The lowest BCUT2D eigenvalue weighted by atomic mass is 9.90. The summed E-state index contributed by atoms with van der Waals surface area (Å²) < 4.78 is 0. The molecule has 2 aliphatic carbocycles. The molecule has 0 bridgehead atoms. The lowest BCUT2D eigenvalue weighted by Crippen LogP contribution is -2.41. The van der Waals surface area contributed by atoms with Gasteiger partial charge in [-0.1, -0.05) is 0 Å². The van der Waals surface area contributed by atoms with Gasteiger partial charge < -0.3 is 10.6 Å². The molecule has 2 unspecified atom stereocenters. The molecule has 1 aromatic rings. The van der Waals surface area contributed by atoms with Gasteiger partial charge in [0.05, 0.1) is 6.20 Å². The van der Waals surface area contributed by atoms with E-state index in [1.807, 2.05) is 6.20 Å². The van der Waals surface area contributed by atoms with Crippen molar-refractivity contribution in [3.05, 3.63) is 17.5 Å². The largest absolute Gasteiger partial charge is 0.353 e. The minimum absolute atomic E-state index is 0. The zero-order valence-electron chi connectivity index (χ0n) is 12.2. The molecule has 1 aliphatic heterocycles. The van der Waals surface area contributed by atoms with Crippen molar-refractivity contribution >= 4 is 18.3 Å². The first kappa shape index (κ1) is 14.9. The first-order chi connectivity index (χ1) is 9.77. The summed E-state index contributed by atoms with van der Waals surface area (Å²) >= 11 is 0. The van der Waals surface area contributed by atoms with Crippen LogP contribution >= 0.6 is 12.4 Å². The van der Waals surface area contributed by atoms with Gasteiger partial charge in [0, 0.05) is 17.7 Å². The summed E-state index contributed by atoms with van der Waals surface area (Å²) in [5.41, 5.74) is 2.86. The van der Waals surface area contributed by atoms with Crippen LogP contribution < -0.4 is 10.6 Å². The van der Waals surface area contributed by atoms with E-state index in [1.54, 1.807) is 0 Å². The van der Waals surface area contributed by atoms with Gasteiger partial charge in [0.2, 0.25) is 5.91 Å². The van der Waals surface area contributed by atoms with Crippen molar-refractivity contribution in [3.63, 3.8) is 0 Å². The van der Waals surface area contributed by atoms with Crippen molar-refractivity contribution in [1.29, 1.82) is 0 Å². The molecule has 2 fully saturated rings. The molecule has 2 atom stereocenters. The Morgan fingerprint density at radius 2 is 2.19 bits per heavy atom. The number of aromatic nitrogens is 2. The molecular weight excluding hydrogens is 288 g/mol. The number of halogens is 1. The summed E-state index contributed by atoms with van der Waals surface area (Å²) in [6.45, 7) is 2.15. The number of carbonyl (C=O) groups excluding carboxylic acids is 1. The molecule has 6 heteroatoms. The second-order valence-electron chi connectivity index (χ2n) is 6.69. The third-order valence-electron chi connectivity index (χ3n) is 5.47. The van der Waals surface area contributed by atoms with E-state index in [4.69, 9.17) is 0 Å². The quantitative estimate of drug-likeness (QED) is 0.768. The van der Waals surface area contributed by atoms with Gasteiger partial charge in [-0.25, -0.2) is 0 Å². The number of aromatic amines is 1. The molecule has 1 saturated carbocycles. The van der Waals surface area contributed by atoms with Gasteiger partial charge in [0.25, 0.3) is 0 Å². The third-order valence-corrected chi connectivity index (χ3v) is 5.47. The number of H-pyrrole nitrogens is 1. The number of nitrogens with one attached hydrogen (secondary N) is 3. The molecule has 1 amide bonds. The van der Waals surface area contributed by atoms with Crippen LogP contribution in [0.1, 0.15) is 36.9 Å². The van der Waals surface area contributed by atoms with Gasteiger partial charge in [0.1, 0.15) is 0 Å². The molecule has 1 saturated heterocycles. The van der Waals surface area contributed by atoms with Crippen molar-refractivity contribution in [2.45, 2.75) is 44.6 Å². The average molecular weight is 311 g/mol. The van der Waals surface area contributed by atoms with Crippen molar-refractivity contribution in [2.75, 3.05) is 13.1 Å². The number of fused-ring (bicyclic) bond motifs is 1. The summed E-state index contributed by atoms with van der Waals surface area (Å²) in [5, 5.41) is 13.8. The van der Waals surface area contributed by atoms with E-state index in [0.717, 1.165) is 38.8 Å². The van der Waals surface area contributed by atoms with Gasteiger partial charge in [0.15, 0.2) is 0 Å². The molecule has 3 aliphatic rings. The van der Waals surface area contributed by atoms with Crippen LogP contribution in [0.15, 0.2) is 6.20 Å². The third kappa shape index (κ3) is 2.69. The highest BCUT2D eigenvalue weighted by molar-refractivity contribution is 5.85. The molecule has 1 spiro atoms. The van der Waals surface area contributed by atoms with Crippen LogP contribution in [0, 0.1) is 11.3 Å². The number of hydrogen-bond donors (Lipinski definition) is 3. The van der Waals surface area contributed by atoms with Gasteiger partial charge in [-0.2, -0.15) is 5.10 Å². The SMILES string of the molecule is Cl.O=C(NC1CCc2[nH]ncc2C1)C1CC12CCNCC2. The van der Waals surface area contributed by atoms with E-state index >= 15 is 0 Å². The van der Waals surface area contributed by atoms with Crippen molar-refractivity contribution in [2.24, 2.45) is 11.3 Å². The van der Waals surface area contributed by atoms with E-state index in [2.05, 4.69) is 20.8 Å². The van der Waals surface area contributed by atoms with Crippen molar-refractivity contribution in [1.82, 2.24) is 20.8 Å². The van der Waals surface area contributed by atoms with Gasteiger partial charge in [-0.15, -0.1) is 12.4 Å². The Balaban J connectivity index is 0.00000132. The Labute approximate surface area is 131 Å². The van der Waals surface area contributed by atoms with Crippen LogP contribution in [0.5, 0.6) is 0 Å². The number of piperidine rings is 1. The fourth-order valence-electron chi connectivity index (χ4n) is 4.04. The second kappa shape index (κ2) is 5.61. The summed E-state index contributed by atoms with van der Waals surface area (Å²) in [5.74, 6) is 0.569. The van der Waals surface area contributed by atoms with Crippen LogP contribution in [-0.4, -0.2) is 35.2 Å². The first-order valence-corrected chi connectivity index (χ1v) is 7.79. The lowest BCUT2D eigenvalue weighted by molar-refractivity contribution is -0.124. The van der Waals surface area contributed by atoms with Gasteiger partial charge in [-0.05, 0) is 62.6 Å². The predicted molar refractivity (Wildman–Crippen MR) is 82.4 cm³/mol. The number of nitrogens with zero attached hydrogens (tertiary/aromatic N) is 1. The Kier molecular flexibility index (Phi) is 3.97. The average Bonchev–Trinajstić information content (AvgIpc) is 2.96. The van der Waals surface area contributed by atoms with Crippen LogP contribution in [0.3, 0.4) is 0 Å². The van der Waals surface area contributed by atoms with Crippen LogP contribution in [0.4, 0.5) is 0 Å². The van der Waals surface area contributed by atoms with Crippen LogP contribution in [0.25, 0.3) is 0 Å². The molecule has 0 aromatic carbocycles. The fourth-order valence-corrected chi connectivity index (χ4v) is 4.04. The number of amides is 1. The van der Waals surface area contributed by atoms with Crippen molar-refractivity contribution in [3.8, 4) is 0 Å². The zero-order chi connectivity index (χ0) is 13.6. The molecule has 0 radical (unpaired) electrons. The molecule has 21 heavy (non-hydrogen) atoms. The minimum atomic E-state index is 0. The molecule has 2 heterocycles. The molecule has 1 aromatic heterocycles. The van der Waals surface area contributed by atoms with Crippen LogP contribution in [0.2, 0.25) is 0 Å². The predicted octanol–water partition coefficient (Wildman–Crippen LogP) is 1.19. The monoisotopic (exact) mass is 310 g/mol. The minimum Gasteiger partial charge on any atom is -0.353 e. The maximum atomic E-state index is 12.4. The molecule has 116 valence electrons. The van der Waals surface area contributed by atoms with Crippen molar-refractivity contribution < 1.29 is 4.79 Å². The Morgan fingerprint density at radius 3 is 3.00 bits per heavy atom. The summed E-state index contributed by atoms with van der Waals surface area (Å²) in [4.78, 5) is 12.4. The number of hydrogen-bond acceptors (Lipinski definition) is 3. The fraction of sp³-hybridized carbons (Fsp3) is 0.733. The smallest absolute Gasteiger partial charge is 0.223 e. The number of carbonyl (C=O) groups is 1. The number of aryl methyl sites for hydroxylation is 1. The normalized spacial score (nSPS) is 29.3. The van der Waals surface area contributed by atoms with E-state index in [0.29, 0.717) is 17.4 Å². The van der Waals surface area contributed by atoms with E-state index < -0.39 is 0 Å².